The minimum atomic E-state index is -0.00609. The van der Waals surface area contributed by atoms with Crippen LogP contribution in [0.4, 0.5) is 5.82 Å². The number of carbonyl (C=O) groups excluding carboxylic acids is 1. The largest absolute Gasteiger partial charge is 0.367 e. The molecule has 0 saturated carbocycles. The van der Waals surface area contributed by atoms with E-state index in [1.807, 2.05) is 84.6 Å². The predicted molar refractivity (Wildman–Crippen MR) is 117 cm³/mol. The lowest BCUT2D eigenvalue weighted by Crippen LogP contribution is -2.39. The van der Waals surface area contributed by atoms with Crippen molar-refractivity contribution >= 4 is 11.7 Å². The molecule has 2 aromatic carbocycles. The van der Waals surface area contributed by atoms with Crippen molar-refractivity contribution in [3.63, 3.8) is 0 Å². The summed E-state index contributed by atoms with van der Waals surface area (Å²) < 4.78 is 5.64. The smallest absolute Gasteiger partial charge is 0.248 e. The number of aromatic nitrogens is 2. The molecule has 0 atom stereocenters. The number of hydrogen-bond donors (Lipinski definition) is 0. The minimum absolute atomic E-state index is 0.00609. The van der Waals surface area contributed by atoms with Gasteiger partial charge in [0, 0.05) is 38.2 Å². The Balaban J connectivity index is 1.48. The van der Waals surface area contributed by atoms with Gasteiger partial charge in [-0.3, -0.25) is 4.79 Å². The molecule has 154 valence electrons. The number of nitrogens with zero attached hydrogens (tertiary/aromatic N) is 4. The molecule has 6 nitrogen and oxygen atoms in total. The maximum atomic E-state index is 12.7. The average Bonchev–Trinajstić information content (AvgIpc) is 2.79. The van der Waals surface area contributed by atoms with Gasteiger partial charge in [0.05, 0.1) is 18.8 Å². The van der Waals surface area contributed by atoms with Crippen LogP contribution < -0.4 is 4.90 Å². The van der Waals surface area contributed by atoms with Crippen LogP contribution in [-0.2, 0) is 29.1 Å². The van der Waals surface area contributed by atoms with Gasteiger partial charge in [0.25, 0.3) is 0 Å². The normalized spacial score (nSPS) is 13.1. The summed E-state index contributed by atoms with van der Waals surface area (Å²) in [6.07, 6.45) is 0.711. The maximum Gasteiger partial charge on any atom is 0.248 e. The predicted octanol–water partition coefficient (Wildman–Crippen LogP) is 3.31. The van der Waals surface area contributed by atoms with Crippen molar-refractivity contribution in [3.05, 3.63) is 77.5 Å². The number of anilines is 1. The molecule has 4 rings (SSSR count). The first kappa shape index (κ1) is 20.0. The minimum Gasteiger partial charge on any atom is -0.367 e. The highest BCUT2D eigenvalue weighted by molar-refractivity contribution is 5.78. The SMILES string of the molecule is CN(C)c1nc(-c2ccccc2)nc2c1CN(C(=O)COCc1ccccc1)CC2. The number of benzene rings is 2. The third-order valence-electron chi connectivity index (χ3n) is 5.18. The lowest BCUT2D eigenvalue weighted by molar-refractivity contribution is -0.137. The van der Waals surface area contributed by atoms with Crippen molar-refractivity contribution in [2.75, 3.05) is 32.1 Å². The highest BCUT2D eigenvalue weighted by atomic mass is 16.5. The molecule has 0 unspecified atom stereocenters. The van der Waals surface area contributed by atoms with Gasteiger partial charge in [0.15, 0.2) is 5.82 Å². The Morgan fingerprint density at radius 2 is 1.73 bits per heavy atom. The number of ether oxygens (including phenoxy) is 1. The summed E-state index contributed by atoms with van der Waals surface area (Å²) in [6, 6.07) is 19.9. The molecule has 0 saturated heterocycles. The van der Waals surface area contributed by atoms with Crippen LogP contribution in [0, 0.1) is 0 Å². The first-order valence-corrected chi connectivity index (χ1v) is 10.1. The zero-order valence-corrected chi connectivity index (χ0v) is 17.4. The molecule has 0 radical (unpaired) electrons. The van der Waals surface area contributed by atoms with Crippen molar-refractivity contribution in [1.82, 2.24) is 14.9 Å². The summed E-state index contributed by atoms with van der Waals surface area (Å²) in [7, 11) is 3.95. The maximum absolute atomic E-state index is 12.7. The quantitative estimate of drug-likeness (QED) is 0.633. The lowest BCUT2D eigenvalue weighted by atomic mass is 10.0. The molecule has 0 fully saturated rings. The standard InChI is InChI=1S/C24H26N4O2/c1-27(2)24-20-15-28(22(29)17-30-16-18-9-5-3-6-10-18)14-13-21(20)25-23(26-24)19-11-7-4-8-12-19/h3-12H,13-17H2,1-2H3. The van der Waals surface area contributed by atoms with E-state index in [0.717, 1.165) is 34.0 Å². The number of fused-ring (bicyclic) bond motifs is 1. The summed E-state index contributed by atoms with van der Waals surface area (Å²) in [5, 5.41) is 0. The topological polar surface area (TPSA) is 58.6 Å². The first-order chi connectivity index (χ1) is 14.6. The summed E-state index contributed by atoms with van der Waals surface area (Å²) in [6.45, 7) is 1.65. The van der Waals surface area contributed by atoms with Gasteiger partial charge < -0.3 is 14.5 Å². The second-order valence-corrected chi connectivity index (χ2v) is 7.60. The number of amides is 1. The molecule has 3 aromatic rings. The van der Waals surface area contributed by atoms with Crippen molar-refractivity contribution in [3.8, 4) is 11.4 Å². The van der Waals surface area contributed by atoms with Gasteiger partial charge >= 0.3 is 0 Å². The molecule has 30 heavy (non-hydrogen) atoms. The van der Waals surface area contributed by atoms with Crippen LogP contribution in [0.15, 0.2) is 60.7 Å². The van der Waals surface area contributed by atoms with Crippen LogP contribution in [-0.4, -0.2) is 48.0 Å². The van der Waals surface area contributed by atoms with Crippen LogP contribution in [0.25, 0.3) is 11.4 Å². The fraction of sp³-hybridized carbons (Fsp3) is 0.292. The molecule has 6 heteroatoms. The van der Waals surface area contributed by atoms with Crippen LogP contribution in [0.1, 0.15) is 16.8 Å². The van der Waals surface area contributed by atoms with E-state index in [4.69, 9.17) is 14.7 Å². The Hall–Kier alpha value is -3.25. The summed E-state index contributed by atoms with van der Waals surface area (Å²) in [5.74, 6) is 1.58. The van der Waals surface area contributed by atoms with Crippen LogP contribution >= 0.6 is 0 Å². The highest BCUT2D eigenvalue weighted by Crippen LogP contribution is 2.28. The second-order valence-electron chi connectivity index (χ2n) is 7.60. The summed E-state index contributed by atoms with van der Waals surface area (Å²) in [4.78, 5) is 26.2. The van der Waals surface area contributed by atoms with Crippen molar-refractivity contribution in [2.45, 2.75) is 19.6 Å². The van der Waals surface area contributed by atoms with Gasteiger partial charge in [-0.05, 0) is 5.56 Å². The van der Waals surface area contributed by atoms with Gasteiger partial charge in [-0.1, -0.05) is 60.7 Å². The molecule has 1 aliphatic rings. The van der Waals surface area contributed by atoms with Gasteiger partial charge in [-0.2, -0.15) is 0 Å². The Bertz CT molecular complexity index is 1010. The third-order valence-corrected chi connectivity index (χ3v) is 5.18. The first-order valence-electron chi connectivity index (χ1n) is 10.1. The Kier molecular flexibility index (Phi) is 6.05. The second kappa shape index (κ2) is 9.05. The Morgan fingerprint density at radius 3 is 2.43 bits per heavy atom. The van der Waals surface area contributed by atoms with E-state index in [9.17, 15) is 4.79 Å². The van der Waals surface area contributed by atoms with Gasteiger partial charge in [0.2, 0.25) is 5.91 Å². The van der Waals surface area contributed by atoms with Crippen LogP contribution in [0.2, 0.25) is 0 Å². The summed E-state index contributed by atoms with van der Waals surface area (Å²) in [5.41, 5.74) is 4.09. The van der Waals surface area contributed by atoms with Crippen LogP contribution in [0.3, 0.4) is 0 Å². The van der Waals surface area contributed by atoms with Crippen LogP contribution in [0.5, 0.6) is 0 Å². The Labute approximate surface area is 177 Å². The van der Waals surface area contributed by atoms with E-state index < -0.39 is 0 Å². The van der Waals surface area contributed by atoms with Crippen molar-refractivity contribution in [1.29, 1.82) is 0 Å². The molecule has 2 heterocycles. The van der Waals surface area contributed by atoms with Gasteiger partial charge in [-0.15, -0.1) is 0 Å². The molecule has 0 spiro atoms. The van der Waals surface area contributed by atoms with E-state index in [1.165, 1.54) is 0 Å². The number of hydrogen-bond acceptors (Lipinski definition) is 5. The number of rotatable bonds is 6. The fourth-order valence-corrected chi connectivity index (χ4v) is 3.62. The molecule has 1 amide bonds. The third kappa shape index (κ3) is 4.49. The molecular formula is C24H26N4O2. The van der Waals surface area contributed by atoms with Gasteiger partial charge in [-0.25, -0.2) is 9.97 Å². The molecule has 0 bridgehead atoms. The van der Waals surface area contributed by atoms with E-state index in [1.54, 1.807) is 0 Å². The zero-order valence-electron chi connectivity index (χ0n) is 17.4. The van der Waals surface area contributed by atoms with E-state index >= 15 is 0 Å². The molecule has 1 aliphatic heterocycles. The molecule has 0 N–H and O–H groups in total. The van der Waals surface area contributed by atoms with Gasteiger partial charge in [0.1, 0.15) is 12.4 Å². The van der Waals surface area contributed by atoms with Crippen molar-refractivity contribution in [2.24, 2.45) is 0 Å². The molecule has 0 aliphatic carbocycles. The van der Waals surface area contributed by atoms with Crippen molar-refractivity contribution < 1.29 is 9.53 Å². The zero-order chi connectivity index (χ0) is 20.9. The van der Waals surface area contributed by atoms with E-state index in [-0.39, 0.29) is 12.5 Å². The molecule has 1 aromatic heterocycles. The highest BCUT2D eigenvalue weighted by Gasteiger charge is 2.26. The monoisotopic (exact) mass is 402 g/mol. The van der Waals surface area contributed by atoms with E-state index in [0.29, 0.717) is 26.1 Å². The molecular weight excluding hydrogens is 376 g/mol. The lowest BCUT2D eigenvalue weighted by Gasteiger charge is -2.31. The fourth-order valence-electron chi connectivity index (χ4n) is 3.62. The Morgan fingerprint density at radius 1 is 1.03 bits per heavy atom. The van der Waals surface area contributed by atoms with E-state index in [2.05, 4.69) is 0 Å². The summed E-state index contributed by atoms with van der Waals surface area (Å²) >= 11 is 0. The number of carbonyl (C=O) groups is 1. The average molecular weight is 402 g/mol.